The van der Waals surface area contributed by atoms with Crippen molar-refractivity contribution in [2.45, 2.75) is 25.4 Å². The Bertz CT molecular complexity index is 1150. The number of hydrogen-bond acceptors (Lipinski definition) is 7. The van der Waals surface area contributed by atoms with E-state index in [1.165, 1.54) is 0 Å². The number of cyclic esters (lactones) is 1. The zero-order valence-corrected chi connectivity index (χ0v) is 18.5. The van der Waals surface area contributed by atoms with Crippen LogP contribution in [0.4, 0.5) is 10.5 Å². The van der Waals surface area contributed by atoms with E-state index in [2.05, 4.69) is 4.98 Å². The maximum absolute atomic E-state index is 12.4. The molecule has 3 aromatic rings. The number of fused-ring (bicyclic) bond motifs is 2. The van der Waals surface area contributed by atoms with Crippen molar-refractivity contribution < 1.29 is 28.5 Å². The number of rotatable bonds is 8. The molecular weight excluding hydrogens is 424 g/mol. The van der Waals surface area contributed by atoms with E-state index in [0.29, 0.717) is 37.9 Å². The van der Waals surface area contributed by atoms with Crippen LogP contribution in [0.25, 0.3) is 10.9 Å². The molecule has 172 valence electrons. The lowest BCUT2D eigenvalue weighted by atomic mass is 10.1. The van der Waals surface area contributed by atoms with E-state index in [4.69, 9.17) is 23.7 Å². The second-order valence-electron chi connectivity index (χ2n) is 7.98. The van der Waals surface area contributed by atoms with Gasteiger partial charge in [-0.15, -0.1) is 0 Å². The number of unbranched alkanes of at least 4 members (excludes halogenated alkanes) is 1. The number of methoxy groups -OCH3 is 1. The summed E-state index contributed by atoms with van der Waals surface area (Å²) in [5.41, 5.74) is 1.63. The number of ether oxygens (including phenoxy) is 5. The van der Waals surface area contributed by atoms with Gasteiger partial charge in [0.15, 0.2) is 11.5 Å². The van der Waals surface area contributed by atoms with Crippen molar-refractivity contribution in [3.63, 3.8) is 0 Å². The number of anilines is 1. The summed E-state index contributed by atoms with van der Waals surface area (Å²) in [7, 11) is 1.64. The minimum absolute atomic E-state index is 0.142. The number of carbonyl (C=O) groups is 1. The molecule has 2 aliphatic rings. The monoisotopic (exact) mass is 450 g/mol. The fraction of sp³-hybridized carbons (Fsp3) is 0.360. The first-order valence-electron chi connectivity index (χ1n) is 11.1. The van der Waals surface area contributed by atoms with Gasteiger partial charge in [0.2, 0.25) is 0 Å². The summed E-state index contributed by atoms with van der Waals surface area (Å²) >= 11 is 0. The number of pyridine rings is 1. The van der Waals surface area contributed by atoms with Gasteiger partial charge < -0.3 is 23.7 Å². The number of carbonyl (C=O) groups excluding carboxylic acids is 1. The normalized spacial score (nSPS) is 17.2. The molecule has 0 radical (unpaired) electrons. The van der Waals surface area contributed by atoms with Crippen molar-refractivity contribution in [2.24, 2.45) is 0 Å². The molecule has 1 saturated heterocycles. The smallest absolute Gasteiger partial charge is 0.414 e. The predicted molar refractivity (Wildman–Crippen MR) is 123 cm³/mol. The second-order valence-corrected chi connectivity index (χ2v) is 7.98. The van der Waals surface area contributed by atoms with Crippen LogP contribution in [0.3, 0.4) is 0 Å². The van der Waals surface area contributed by atoms with E-state index < -0.39 is 0 Å². The Morgan fingerprint density at radius 2 is 1.94 bits per heavy atom. The third-order valence-electron chi connectivity index (χ3n) is 5.80. The van der Waals surface area contributed by atoms with Crippen LogP contribution in [-0.4, -0.2) is 50.7 Å². The van der Waals surface area contributed by atoms with Crippen molar-refractivity contribution in [3.05, 3.63) is 48.7 Å². The molecule has 0 aliphatic carbocycles. The number of aromatic nitrogens is 1. The molecule has 8 nitrogen and oxygen atoms in total. The molecule has 0 unspecified atom stereocenters. The van der Waals surface area contributed by atoms with E-state index in [9.17, 15) is 4.79 Å². The van der Waals surface area contributed by atoms with Crippen LogP contribution in [0.1, 0.15) is 19.3 Å². The first kappa shape index (κ1) is 21.2. The van der Waals surface area contributed by atoms with Gasteiger partial charge in [0, 0.05) is 17.6 Å². The summed E-state index contributed by atoms with van der Waals surface area (Å²) in [6, 6.07) is 13.1. The van der Waals surface area contributed by atoms with E-state index in [0.717, 1.165) is 47.4 Å². The lowest BCUT2D eigenvalue weighted by Gasteiger charge is -2.21. The SMILES string of the molecule is COc1ccc2nccc(OCCCC[C@H]3CN(c4ccc5c(c4)OCCO5)C(=O)O3)c2c1. The maximum Gasteiger partial charge on any atom is 0.414 e. The summed E-state index contributed by atoms with van der Waals surface area (Å²) in [5, 5.41) is 0.927. The maximum atomic E-state index is 12.4. The third-order valence-corrected chi connectivity index (χ3v) is 5.80. The van der Waals surface area contributed by atoms with E-state index in [1.807, 2.05) is 42.5 Å². The Hall–Kier alpha value is -3.68. The first-order chi connectivity index (χ1) is 16.2. The molecular formula is C25H26N2O6. The molecule has 0 bridgehead atoms. The summed E-state index contributed by atoms with van der Waals surface area (Å²) in [6.45, 7) is 2.14. The molecule has 1 fully saturated rings. The summed E-state index contributed by atoms with van der Waals surface area (Å²) < 4.78 is 28.1. The quantitative estimate of drug-likeness (QED) is 0.465. The highest BCUT2D eigenvalue weighted by molar-refractivity contribution is 5.90. The zero-order valence-electron chi connectivity index (χ0n) is 18.5. The average Bonchev–Trinajstić information content (AvgIpc) is 3.23. The molecule has 0 spiro atoms. The van der Waals surface area contributed by atoms with Gasteiger partial charge in [0.25, 0.3) is 0 Å². The largest absolute Gasteiger partial charge is 0.497 e. The van der Waals surface area contributed by atoms with Crippen LogP contribution in [0, 0.1) is 0 Å². The first-order valence-corrected chi connectivity index (χ1v) is 11.1. The molecule has 1 amide bonds. The van der Waals surface area contributed by atoms with Gasteiger partial charge in [-0.1, -0.05) is 0 Å². The lowest BCUT2D eigenvalue weighted by molar-refractivity contribution is 0.134. The molecule has 1 atom stereocenters. The van der Waals surface area contributed by atoms with Crippen molar-refractivity contribution in [3.8, 4) is 23.0 Å². The predicted octanol–water partition coefficient (Wildman–Crippen LogP) is 4.59. The highest BCUT2D eigenvalue weighted by Gasteiger charge is 2.32. The Labute approximate surface area is 192 Å². The van der Waals surface area contributed by atoms with E-state index in [1.54, 1.807) is 18.2 Å². The van der Waals surface area contributed by atoms with Crippen molar-refractivity contribution >= 4 is 22.7 Å². The molecule has 3 heterocycles. The molecule has 1 aromatic heterocycles. The highest BCUT2D eigenvalue weighted by Crippen LogP contribution is 2.35. The van der Waals surface area contributed by atoms with Crippen LogP contribution >= 0.6 is 0 Å². The van der Waals surface area contributed by atoms with Crippen LogP contribution in [0.5, 0.6) is 23.0 Å². The van der Waals surface area contributed by atoms with Gasteiger partial charge in [0.05, 0.1) is 31.5 Å². The number of hydrogen-bond donors (Lipinski definition) is 0. The molecule has 0 N–H and O–H groups in total. The van der Waals surface area contributed by atoms with Gasteiger partial charge >= 0.3 is 6.09 Å². The number of nitrogens with zero attached hydrogens (tertiary/aromatic N) is 2. The summed E-state index contributed by atoms with van der Waals surface area (Å²) in [4.78, 5) is 18.4. The van der Waals surface area contributed by atoms with Gasteiger partial charge in [-0.3, -0.25) is 9.88 Å². The standard InChI is InChI=1S/C25H26N2O6/c1-29-18-6-7-21-20(15-18)22(9-10-26-21)30-11-3-2-4-19-16-27(25(28)33-19)17-5-8-23-24(14-17)32-13-12-31-23/h5-10,14-15,19H,2-4,11-13,16H2,1H3/t19-/m0/s1. The van der Waals surface area contributed by atoms with E-state index >= 15 is 0 Å². The molecule has 2 aromatic carbocycles. The number of amides is 1. The summed E-state index contributed by atoms with van der Waals surface area (Å²) in [5.74, 6) is 2.92. The van der Waals surface area contributed by atoms with Crippen molar-refractivity contribution in [2.75, 3.05) is 38.4 Å². The van der Waals surface area contributed by atoms with Crippen molar-refractivity contribution in [1.29, 1.82) is 0 Å². The molecule has 33 heavy (non-hydrogen) atoms. The van der Waals surface area contributed by atoms with Crippen LogP contribution in [0.15, 0.2) is 48.7 Å². The molecule has 2 aliphatic heterocycles. The fourth-order valence-electron chi connectivity index (χ4n) is 4.09. The van der Waals surface area contributed by atoms with Gasteiger partial charge in [-0.25, -0.2) is 4.79 Å². The van der Waals surface area contributed by atoms with Crippen LogP contribution in [-0.2, 0) is 4.74 Å². The van der Waals surface area contributed by atoms with Gasteiger partial charge in [0.1, 0.15) is 30.8 Å². The van der Waals surface area contributed by atoms with Crippen LogP contribution in [0.2, 0.25) is 0 Å². The lowest BCUT2D eigenvalue weighted by Crippen LogP contribution is -2.25. The molecule has 5 rings (SSSR count). The van der Waals surface area contributed by atoms with E-state index in [-0.39, 0.29) is 12.2 Å². The molecule has 0 saturated carbocycles. The minimum Gasteiger partial charge on any atom is -0.497 e. The Balaban J connectivity index is 1.11. The number of benzene rings is 2. The van der Waals surface area contributed by atoms with Crippen molar-refractivity contribution in [1.82, 2.24) is 4.98 Å². The topological polar surface area (TPSA) is 79.4 Å². The average molecular weight is 450 g/mol. The minimum atomic E-state index is -0.329. The Morgan fingerprint density at radius 1 is 1.06 bits per heavy atom. The Kier molecular flexibility index (Phi) is 6.06. The zero-order chi connectivity index (χ0) is 22.6. The third kappa shape index (κ3) is 4.60. The highest BCUT2D eigenvalue weighted by atomic mass is 16.6. The second kappa shape index (κ2) is 9.44. The van der Waals surface area contributed by atoms with Crippen LogP contribution < -0.4 is 23.8 Å². The summed E-state index contributed by atoms with van der Waals surface area (Å²) in [6.07, 6.45) is 3.79. The molecule has 8 heteroatoms. The van der Waals surface area contributed by atoms with Gasteiger partial charge in [-0.2, -0.15) is 0 Å². The Morgan fingerprint density at radius 3 is 2.82 bits per heavy atom. The van der Waals surface area contributed by atoms with Gasteiger partial charge in [-0.05, 0) is 55.7 Å². The fourth-order valence-corrected chi connectivity index (χ4v) is 4.09.